The lowest BCUT2D eigenvalue weighted by atomic mass is 10.1. The average Bonchev–Trinajstić information content (AvgIpc) is 3.35. The van der Waals surface area contributed by atoms with Gasteiger partial charge in [-0.1, -0.05) is 36.4 Å². The fourth-order valence-electron chi connectivity index (χ4n) is 3.50. The fourth-order valence-corrected chi connectivity index (χ4v) is 3.50. The first-order valence-electron chi connectivity index (χ1n) is 10.2. The van der Waals surface area contributed by atoms with Crippen molar-refractivity contribution in [2.45, 2.75) is 6.92 Å². The molecule has 5 rings (SSSR count). The highest BCUT2D eigenvalue weighted by Gasteiger charge is 2.10. The number of oxazole rings is 1. The minimum atomic E-state index is -0.133. The number of carbonyl (C=O) groups is 1. The van der Waals surface area contributed by atoms with Gasteiger partial charge in [0.15, 0.2) is 18.0 Å². The van der Waals surface area contributed by atoms with E-state index in [4.69, 9.17) is 9.15 Å². The van der Waals surface area contributed by atoms with E-state index in [1.165, 1.54) is 13.3 Å². The van der Waals surface area contributed by atoms with Gasteiger partial charge < -0.3 is 19.8 Å². The Morgan fingerprint density at radius 2 is 1.82 bits per heavy atom. The number of nitrogens with zero attached hydrogens (tertiary/aromatic N) is 3. The van der Waals surface area contributed by atoms with E-state index in [2.05, 4.69) is 25.6 Å². The second kappa shape index (κ2) is 8.80. The van der Waals surface area contributed by atoms with Crippen molar-refractivity contribution in [1.82, 2.24) is 15.0 Å². The number of ether oxygens (including phenoxy) is 1. The Bertz CT molecular complexity index is 1440. The van der Waals surface area contributed by atoms with Crippen LogP contribution < -0.4 is 15.4 Å². The third kappa shape index (κ3) is 4.49. The number of amides is 1. The Morgan fingerprint density at radius 3 is 2.67 bits per heavy atom. The van der Waals surface area contributed by atoms with Crippen LogP contribution in [0.25, 0.3) is 22.1 Å². The molecule has 0 saturated heterocycles. The van der Waals surface area contributed by atoms with Crippen LogP contribution in [0.2, 0.25) is 0 Å². The molecule has 3 aromatic carbocycles. The molecule has 0 spiro atoms. The molecule has 0 bridgehead atoms. The molecule has 0 radical (unpaired) electrons. The van der Waals surface area contributed by atoms with Crippen LogP contribution in [0.1, 0.15) is 9.78 Å². The van der Waals surface area contributed by atoms with E-state index < -0.39 is 0 Å². The van der Waals surface area contributed by atoms with E-state index in [-0.39, 0.29) is 8.76 Å². The first-order valence-corrected chi connectivity index (χ1v) is 10.2. The lowest BCUT2D eigenvalue weighted by Crippen LogP contribution is -2.06. The van der Waals surface area contributed by atoms with Crippen molar-refractivity contribution < 1.29 is 16.8 Å². The van der Waals surface area contributed by atoms with E-state index in [9.17, 15) is 4.79 Å². The molecule has 0 aliphatic rings. The molecule has 0 atom stereocenters. The van der Waals surface area contributed by atoms with E-state index in [1.54, 1.807) is 18.6 Å². The lowest BCUT2D eigenvalue weighted by molar-refractivity contribution is -0.114. The maximum Gasteiger partial charge on any atom is 0.239 e. The number of aromatic nitrogens is 3. The zero-order chi connectivity index (χ0) is 22.6. The molecular weight excluding hydrogens is 418 g/mol. The van der Waals surface area contributed by atoms with Crippen LogP contribution in [0.3, 0.4) is 0 Å². The predicted molar refractivity (Wildman–Crippen MR) is 130 cm³/mol. The van der Waals surface area contributed by atoms with Gasteiger partial charge >= 0.3 is 0 Å². The highest BCUT2D eigenvalue weighted by molar-refractivity contribution is 6.03. The third-order valence-electron chi connectivity index (χ3n) is 4.87. The van der Waals surface area contributed by atoms with Crippen molar-refractivity contribution in [3.8, 4) is 23.0 Å². The van der Waals surface area contributed by atoms with E-state index in [0.717, 1.165) is 27.7 Å². The van der Waals surface area contributed by atoms with Crippen molar-refractivity contribution in [3.63, 3.8) is 0 Å². The summed E-state index contributed by atoms with van der Waals surface area (Å²) in [5.41, 5.74) is 2.43. The Hall–Kier alpha value is -4.72. The molecule has 2 N–H and O–H groups in total. The smallest absolute Gasteiger partial charge is 0.239 e. The zero-order valence-electron chi connectivity index (χ0n) is 17.6. The zero-order valence-corrected chi connectivity index (χ0v) is 17.6. The summed E-state index contributed by atoms with van der Waals surface area (Å²) in [5, 5.41) is 7.81. The molecule has 0 saturated carbocycles. The molecule has 2 aromatic heterocycles. The average molecular weight is 441 g/mol. The number of fused-ring (bicyclic) bond motifs is 1. The molecule has 0 unspecified atom stereocenters. The number of anilines is 3. The van der Waals surface area contributed by atoms with Crippen molar-refractivity contribution in [1.29, 1.82) is 0 Å². The van der Waals surface area contributed by atoms with E-state index >= 15 is 0 Å². The second-order valence-corrected chi connectivity index (χ2v) is 7.25. The molecular formula is C25H23N5O3. The Kier molecular flexibility index (Phi) is 5.38. The van der Waals surface area contributed by atoms with E-state index in [1.807, 2.05) is 60.7 Å². The van der Waals surface area contributed by atoms with Gasteiger partial charge in [-0.15, -0.1) is 0 Å². The van der Waals surface area contributed by atoms with Crippen LogP contribution >= 0.6 is 0 Å². The number of benzene rings is 3. The van der Waals surface area contributed by atoms with Crippen molar-refractivity contribution in [3.05, 3.63) is 85.6 Å². The molecule has 166 valence electrons. The van der Waals surface area contributed by atoms with Crippen LogP contribution in [0.5, 0.6) is 11.6 Å². The molecule has 0 aliphatic heterocycles. The topological polar surface area (TPSA) is 102 Å². The van der Waals surface area contributed by atoms with Gasteiger partial charge in [0.1, 0.15) is 5.75 Å². The highest BCUT2D eigenvalue weighted by atomic mass is 16.5. The molecule has 0 aliphatic carbocycles. The third-order valence-corrected chi connectivity index (χ3v) is 4.87. The minimum absolute atomic E-state index is 0. The molecule has 1 amide bonds. The van der Waals surface area contributed by atoms with Gasteiger partial charge in [0.25, 0.3) is 0 Å². The first kappa shape index (κ1) is 20.2. The number of nitrogens with one attached hydrogen (secondary N) is 2. The van der Waals surface area contributed by atoms with Gasteiger partial charge in [0.05, 0.1) is 18.6 Å². The monoisotopic (exact) mass is 441 g/mol. The molecule has 33 heavy (non-hydrogen) atoms. The van der Waals surface area contributed by atoms with Gasteiger partial charge in [-0.3, -0.25) is 9.78 Å². The highest BCUT2D eigenvalue weighted by Crippen LogP contribution is 2.33. The van der Waals surface area contributed by atoms with Gasteiger partial charge in [-0.25, -0.2) is 4.98 Å². The molecule has 2 heterocycles. The SMILES string of the molecule is CC(=O)Nc1cccc2c(Oc3cncc(Nc4cccc(-c5cnco5)c4)n3)cccc12.[HH].[HH]. The lowest BCUT2D eigenvalue weighted by Gasteiger charge is -2.12. The Labute approximate surface area is 192 Å². The summed E-state index contributed by atoms with van der Waals surface area (Å²) in [4.78, 5) is 24.3. The minimum Gasteiger partial charge on any atom is -0.444 e. The largest absolute Gasteiger partial charge is 0.444 e. The molecule has 5 aromatic rings. The summed E-state index contributed by atoms with van der Waals surface area (Å²) in [5.74, 6) is 2.02. The number of hydrogen-bond acceptors (Lipinski definition) is 7. The standard InChI is InChI=1S/C25H19N5O3.2H2/c1-16(31)28-21-9-3-8-20-19(21)7-4-10-22(20)33-25-14-26-13-24(30-25)29-18-6-2-5-17(11-18)23-12-27-15-32-23;;/h2-15H,1H3,(H,28,31)(H,29,30);2*1H. The van der Waals surface area contributed by atoms with Crippen LogP contribution in [-0.2, 0) is 4.79 Å². The van der Waals surface area contributed by atoms with Crippen molar-refractivity contribution in [2.24, 2.45) is 0 Å². The van der Waals surface area contributed by atoms with Crippen LogP contribution in [0, 0.1) is 0 Å². The molecule has 8 heteroatoms. The second-order valence-electron chi connectivity index (χ2n) is 7.25. The van der Waals surface area contributed by atoms with Crippen LogP contribution in [-0.4, -0.2) is 20.9 Å². The summed E-state index contributed by atoms with van der Waals surface area (Å²) in [6, 6.07) is 19.0. The maximum atomic E-state index is 11.5. The van der Waals surface area contributed by atoms with Crippen LogP contribution in [0.15, 0.2) is 90.1 Å². The van der Waals surface area contributed by atoms with Crippen molar-refractivity contribution in [2.75, 3.05) is 10.6 Å². The van der Waals surface area contributed by atoms with Crippen LogP contribution in [0.4, 0.5) is 17.2 Å². The van der Waals surface area contributed by atoms with Gasteiger partial charge in [0, 0.05) is 37.5 Å². The van der Waals surface area contributed by atoms with E-state index in [0.29, 0.717) is 23.2 Å². The van der Waals surface area contributed by atoms with Gasteiger partial charge in [0.2, 0.25) is 11.8 Å². The maximum absolute atomic E-state index is 11.5. The summed E-state index contributed by atoms with van der Waals surface area (Å²) < 4.78 is 11.4. The van der Waals surface area contributed by atoms with Gasteiger partial charge in [-0.05, 0) is 24.3 Å². The number of rotatable bonds is 6. The van der Waals surface area contributed by atoms with Crippen molar-refractivity contribution >= 4 is 33.9 Å². The number of carbonyl (C=O) groups excluding carboxylic acids is 1. The quantitative estimate of drug-likeness (QED) is 0.320. The van der Waals surface area contributed by atoms with Gasteiger partial charge in [-0.2, -0.15) is 4.98 Å². The first-order chi connectivity index (χ1) is 16.2. The Balaban J connectivity index is 0.00000171. The summed E-state index contributed by atoms with van der Waals surface area (Å²) in [6.07, 6.45) is 6.22. The summed E-state index contributed by atoms with van der Waals surface area (Å²) >= 11 is 0. The summed E-state index contributed by atoms with van der Waals surface area (Å²) in [6.45, 7) is 1.48. The number of hydrogen-bond donors (Lipinski definition) is 2. The normalized spacial score (nSPS) is 10.7. The predicted octanol–water partition coefficient (Wildman–Crippen LogP) is 6.27. The Morgan fingerprint density at radius 1 is 0.970 bits per heavy atom. The summed E-state index contributed by atoms with van der Waals surface area (Å²) in [7, 11) is 0. The molecule has 0 fully saturated rings. The fraction of sp³-hybridized carbons (Fsp3) is 0.0400. The molecule has 8 nitrogen and oxygen atoms in total.